The topological polar surface area (TPSA) is 63.7 Å². The summed E-state index contributed by atoms with van der Waals surface area (Å²) >= 11 is 6.16. The lowest BCUT2D eigenvalue weighted by Crippen LogP contribution is -2.37. The molecule has 1 aliphatic rings. The average Bonchev–Trinajstić information content (AvgIpc) is 2.95. The van der Waals surface area contributed by atoms with Gasteiger partial charge in [-0.25, -0.2) is 17.6 Å². The maximum absolute atomic E-state index is 14.9. The van der Waals surface area contributed by atoms with Crippen LogP contribution in [-0.4, -0.2) is 44.6 Å². The molecule has 0 saturated carbocycles. The normalized spacial score (nSPS) is 20.6. The Morgan fingerprint density at radius 2 is 1.78 bits per heavy atom. The van der Waals surface area contributed by atoms with Crippen molar-refractivity contribution in [1.29, 1.82) is 0 Å². The third kappa shape index (κ3) is 4.77. The summed E-state index contributed by atoms with van der Waals surface area (Å²) in [6, 6.07) is 8.24. The highest BCUT2D eigenvalue weighted by Crippen LogP contribution is 2.39. The highest BCUT2D eigenvalue weighted by atomic mass is 35.5. The Morgan fingerprint density at radius 3 is 2.41 bits per heavy atom. The first kappa shape index (κ1) is 24.5. The molecule has 11 heteroatoms. The third-order valence-electron chi connectivity index (χ3n) is 5.38. The van der Waals surface area contributed by atoms with Crippen molar-refractivity contribution in [2.24, 2.45) is 0 Å². The first-order chi connectivity index (χ1) is 14.9. The van der Waals surface area contributed by atoms with E-state index in [2.05, 4.69) is 4.74 Å². The Hall–Kier alpha value is -2.17. The molecule has 174 valence electrons. The lowest BCUT2D eigenvalue weighted by Gasteiger charge is -2.24. The van der Waals surface area contributed by atoms with E-state index in [9.17, 15) is 30.8 Å². The van der Waals surface area contributed by atoms with Gasteiger partial charge in [-0.3, -0.25) is 0 Å². The number of rotatable bonds is 4. The van der Waals surface area contributed by atoms with Gasteiger partial charge in [0.05, 0.1) is 17.6 Å². The number of carbonyl (C=O) groups is 1. The number of sulfonamides is 1. The first-order valence-electron chi connectivity index (χ1n) is 9.64. The Morgan fingerprint density at radius 1 is 1.09 bits per heavy atom. The summed E-state index contributed by atoms with van der Waals surface area (Å²) in [6.07, 6.45) is -5.32. The van der Waals surface area contributed by atoms with Crippen molar-refractivity contribution >= 4 is 27.6 Å². The Bertz CT molecular complexity index is 1120. The average molecular weight is 494 g/mol. The number of ether oxygens (including phenoxy) is 1. The maximum Gasteiger partial charge on any atom is 0.416 e. The van der Waals surface area contributed by atoms with Gasteiger partial charge in [-0.2, -0.15) is 17.5 Å². The number of esters is 1. The predicted octanol–water partition coefficient (Wildman–Crippen LogP) is 5.08. The van der Waals surface area contributed by atoms with Crippen LogP contribution in [0.15, 0.2) is 47.4 Å². The van der Waals surface area contributed by atoms with Crippen molar-refractivity contribution in [3.05, 3.63) is 53.1 Å². The first-order valence-corrected chi connectivity index (χ1v) is 11.5. The minimum Gasteiger partial charge on any atom is -0.467 e. The van der Waals surface area contributed by atoms with Gasteiger partial charge in [-0.15, -0.1) is 0 Å². The van der Waals surface area contributed by atoms with Crippen LogP contribution >= 0.6 is 11.6 Å². The number of hydrogen-bond acceptors (Lipinski definition) is 4. The van der Waals surface area contributed by atoms with Crippen LogP contribution in [0.1, 0.15) is 24.8 Å². The standard InChI is InChI=1S/C21H20ClF4NO4S/c1-31-19(28)20(23)9-4-11-27(12-10-20)32(29,30)18-8-7-14(21(24,25)26)13-16(18)15-5-2-3-6-17(15)22/h2-3,5-8,13H,4,9-12H2,1H3/t20-/m1/s1. The SMILES string of the molecule is COC(=O)[C@@]1(F)CCCN(S(=O)(=O)c2ccc(C(F)(F)F)cc2-c2ccccc2Cl)CC1. The van der Waals surface area contributed by atoms with Gasteiger partial charge >= 0.3 is 12.1 Å². The number of halogens is 5. The second kappa shape index (κ2) is 8.99. The molecule has 2 aromatic carbocycles. The molecule has 5 nitrogen and oxygen atoms in total. The summed E-state index contributed by atoms with van der Waals surface area (Å²) in [4.78, 5) is 11.4. The Balaban J connectivity index is 2.08. The smallest absolute Gasteiger partial charge is 0.416 e. The minimum absolute atomic E-state index is 0.0346. The Labute approximate surface area is 188 Å². The lowest BCUT2D eigenvalue weighted by atomic mass is 9.97. The van der Waals surface area contributed by atoms with Crippen LogP contribution in [0.3, 0.4) is 0 Å². The van der Waals surface area contributed by atoms with Crippen LogP contribution in [0.5, 0.6) is 0 Å². The molecule has 1 aliphatic heterocycles. The largest absolute Gasteiger partial charge is 0.467 e. The lowest BCUT2D eigenvalue weighted by molar-refractivity contribution is -0.155. The van der Waals surface area contributed by atoms with Crippen molar-refractivity contribution in [2.45, 2.75) is 36.0 Å². The summed E-state index contributed by atoms with van der Waals surface area (Å²) in [5, 5.41) is 0.0765. The van der Waals surface area contributed by atoms with E-state index in [1.165, 1.54) is 18.2 Å². The molecule has 0 aromatic heterocycles. The van der Waals surface area contributed by atoms with E-state index in [0.717, 1.165) is 23.5 Å². The number of carbonyl (C=O) groups excluding carboxylic acids is 1. The van der Waals surface area contributed by atoms with E-state index in [1.807, 2.05) is 0 Å². The summed E-state index contributed by atoms with van der Waals surface area (Å²) < 4.78 is 87.2. The van der Waals surface area contributed by atoms with Gasteiger partial charge in [0.25, 0.3) is 0 Å². The molecule has 0 radical (unpaired) electrons. The van der Waals surface area contributed by atoms with E-state index in [4.69, 9.17) is 11.6 Å². The number of hydrogen-bond donors (Lipinski definition) is 0. The van der Waals surface area contributed by atoms with Crippen molar-refractivity contribution in [3.63, 3.8) is 0 Å². The van der Waals surface area contributed by atoms with E-state index >= 15 is 0 Å². The molecule has 1 saturated heterocycles. The summed E-state index contributed by atoms with van der Waals surface area (Å²) in [7, 11) is -3.29. The fraction of sp³-hybridized carbons (Fsp3) is 0.381. The summed E-state index contributed by atoms with van der Waals surface area (Å²) in [5.41, 5.74) is -3.46. The second-order valence-corrected chi connectivity index (χ2v) is 9.72. The zero-order chi connectivity index (χ0) is 23.7. The van der Waals surface area contributed by atoms with Gasteiger partial charge in [0, 0.05) is 35.7 Å². The van der Waals surface area contributed by atoms with Crippen molar-refractivity contribution in [1.82, 2.24) is 4.31 Å². The molecule has 0 spiro atoms. The highest BCUT2D eigenvalue weighted by molar-refractivity contribution is 7.89. The maximum atomic E-state index is 14.9. The molecule has 0 N–H and O–H groups in total. The number of benzene rings is 2. The second-order valence-electron chi connectivity index (χ2n) is 7.40. The molecule has 1 atom stereocenters. The van der Waals surface area contributed by atoms with Gasteiger partial charge in [-0.05, 0) is 37.1 Å². The highest BCUT2D eigenvalue weighted by Gasteiger charge is 2.43. The number of alkyl halides is 4. The fourth-order valence-corrected chi connectivity index (χ4v) is 5.57. The molecule has 3 rings (SSSR count). The van der Waals surface area contributed by atoms with Crippen molar-refractivity contribution in [2.75, 3.05) is 20.2 Å². The van der Waals surface area contributed by atoms with Crippen LogP contribution in [-0.2, 0) is 25.7 Å². The van der Waals surface area contributed by atoms with Crippen LogP contribution in [0.4, 0.5) is 17.6 Å². The van der Waals surface area contributed by atoms with E-state index in [0.29, 0.717) is 6.07 Å². The number of nitrogens with zero attached hydrogens (tertiary/aromatic N) is 1. The van der Waals surface area contributed by atoms with Gasteiger partial charge in [-0.1, -0.05) is 29.8 Å². The zero-order valence-electron chi connectivity index (χ0n) is 17.0. The van der Waals surface area contributed by atoms with Crippen LogP contribution in [0, 0.1) is 0 Å². The molecule has 2 aromatic rings. The molecular weight excluding hydrogens is 474 g/mol. The predicted molar refractivity (Wildman–Crippen MR) is 110 cm³/mol. The van der Waals surface area contributed by atoms with Crippen LogP contribution in [0.2, 0.25) is 5.02 Å². The van der Waals surface area contributed by atoms with Gasteiger partial charge in [0.2, 0.25) is 15.7 Å². The molecule has 0 aliphatic carbocycles. The van der Waals surface area contributed by atoms with E-state index in [1.54, 1.807) is 6.07 Å². The molecule has 0 unspecified atom stereocenters. The molecule has 0 amide bonds. The third-order valence-corrected chi connectivity index (χ3v) is 7.66. The molecule has 0 bridgehead atoms. The van der Waals surface area contributed by atoms with Crippen molar-refractivity contribution < 1.29 is 35.5 Å². The quantitative estimate of drug-likeness (QED) is 0.440. The molecule has 32 heavy (non-hydrogen) atoms. The number of methoxy groups -OCH3 is 1. The van der Waals surface area contributed by atoms with Crippen LogP contribution in [0.25, 0.3) is 11.1 Å². The van der Waals surface area contributed by atoms with Gasteiger partial charge in [0.1, 0.15) is 0 Å². The zero-order valence-corrected chi connectivity index (χ0v) is 18.5. The molecular formula is C21H20ClF4NO4S. The van der Waals surface area contributed by atoms with Gasteiger partial charge < -0.3 is 4.74 Å². The fourth-order valence-electron chi connectivity index (χ4n) is 3.66. The summed E-state index contributed by atoms with van der Waals surface area (Å²) in [6.45, 7) is -0.440. The van der Waals surface area contributed by atoms with E-state index in [-0.39, 0.29) is 47.0 Å². The molecule has 1 heterocycles. The molecule has 1 fully saturated rings. The van der Waals surface area contributed by atoms with Crippen molar-refractivity contribution in [3.8, 4) is 11.1 Å². The Kier molecular flexibility index (Phi) is 6.88. The minimum atomic E-state index is -4.70. The van der Waals surface area contributed by atoms with Gasteiger partial charge in [0.15, 0.2) is 0 Å². The van der Waals surface area contributed by atoms with Crippen LogP contribution < -0.4 is 0 Å². The summed E-state index contributed by atoms with van der Waals surface area (Å²) in [5.74, 6) is -1.08. The van der Waals surface area contributed by atoms with E-state index < -0.39 is 39.8 Å². The monoisotopic (exact) mass is 493 g/mol.